The van der Waals surface area contributed by atoms with Crippen molar-refractivity contribution >= 4 is 11.8 Å². The molecule has 1 spiro atoms. The summed E-state index contributed by atoms with van der Waals surface area (Å²) in [5.41, 5.74) is 4.40. The van der Waals surface area contributed by atoms with Crippen LogP contribution in [0.4, 0.5) is 0 Å². The lowest BCUT2D eigenvalue weighted by Crippen LogP contribution is -2.65. The number of likely N-dealkylation sites (N-methyl/N-ethyl adjacent to an activating group) is 1. The summed E-state index contributed by atoms with van der Waals surface area (Å²) in [6.45, 7) is 7.06. The summed E-state index contributed by atoms with van der Waals surface area (Å²) in [4.78, 5) is 25.7. The number of carbonyl (C=O) groups is 2. The van der Waals surface area contributed by atoms with Gasteiger partial charge in [0.15, 0.2) is 23.4 Å². The van der Waals surface area contributed by atoms with Crippen molar-refractivity contribution in [2.45, 2.75) is 76.4 Å². The van der Waals surface area contributed by atoms with Crippen molar-refractivity contribution in [3.05, 3.63) is 58.7 Å². The number of rotatable bonds is 4. The van der Waals surface area contributed by atoms with Crippen LogP contribution in [-0.4, -0.2) is 52.6 Å². The monoisotopic (exact) mass is 491 g/mol. The molecule has 0 amide bonds. The maximum absolute atomic E-state index is 12.5. The average Bonchev–Trinajstić information content (AvgIpc) is 3.20. The van der Waals surface area contributed by atoms with Gasteiger partial charge in [-0.2, -0.15) is 0 Å². The molecule has 1 saturated heterocycles. The fourth-order valence-corrected chi connectivity index (χ4v) is 7.08. The minimum Gasteiger partial charge on any atom is -0.504 e. The van der Waals surface area contributed by atoms with Crippen LogP contribution in [0.3, 0.4) is 0 Å². The van der Waals surface area contributed by atoms with Crippen molar-refractivity contribution in [1.82, 2.24) is 4.90 Å². The number of nitrogens with zero attached hydrogens (tertiary/aromatic N) is 1. The highest BCUT2D eigenvalue weighted by atomic mass is 16.5. The second-order valence-corrected chi connectivity index (χ2v) is 11.5. The normalized spacial score (nSPS) is 28.6. The Hall–Kier alpha value is -2.86. The number of carbonyl (C=O) groups excluding carboxylic acids is 1. The molecule has 5 atom stereocenters. The van der Waals surface area contributed by atoms with E-state index in [0.29, 0.717) is 30.0 Å². The molecule has 4 aliphatic rings. The van der Waals surface area contributed by atoms with Gasteiger partial charge in [0.1, 0.15) is 0 Å². The number of aliphatic carboxylic acids is 1. The van der Waals surface area contributed by atoms with E-state index in [-0.39, 0.29) is 23.1 Å². The average molecular weight is 492 g/mol. The number of benzene rings is 2. The van der Waals surface area contributed by atoms with Crippen LogP contribution in [0.2, 0.25) is 0 Å². The highest BCUT2D eigenvalue weighted by molar-refractivity contribution is 5.89. The number of carboxylic acid groups (broad SMARTS) is 1. The first-order valence-corrected chi connectivity index (χ1v) is 13.2. The maximum atomic E-state index is 12.5. The van der Waals surface area contributed by atoms with Crippen molar-refractivity contribution in [3.8, 4) is 11.5 Å². The van der Waals surface area contributed by atoms with Crippen LogP contribution in [-0.2, 0) is 27.8 Å². The maximum Gasteiger partial charge on any atom is 0.310 e. The molecular formula is C30H37NO5. The summed E-state index contributed by atoms with van der Waals surface area (Å²) in [5, 5.41) is 19.0. The molecule has 2 aromatic rings. The van der Waals surface area contributed by atoms with Gasteiger partial charge in [0.05, 0.1) is 5.92 Å². The van der Waals surface area contributed by atoms with Gasteiger partial charge in [0.2, 0.25) is 0 Å². The molecular weight excluding hydrogens is 454 g/mol. The van der Waals surface area contributed by atoms with Gasteiger partial charge in [-0.05, 0) is 80.8 Å². The van der Waals surface area contributed by atoms with Crippen molar-refractivity contribution in [3.63, 3.8) is 0 Å². The number of aromatic hydroxyl groups is 1. The van der Waals surface area contributed by atoms with E-state index in [1.165, 1.54) is 11.1 Å². The zero-order chi connectivity index (χ0) is 25.8. The summed E-state index contributed by atoms with van der Waals surface area (Å²) in [6, 6.07) is 12.1. The van der Waals surface area contributed by atoms with E-state index < -0.39 is 11.9 Å². The lowest BCUT2D eigenvalue weighted by molar-refractivity contribution is -0.139. The molecule has 2 aliphatic heterocycles. The number of phenols is 1. The predicted octanol–water partition coefficient (Wildman–Crippen LogP) is 4.70. The summed E-state index contributed by atoms with van der Waals surface area (Å²) < 4.78 is 6.04. The minimum absolute atomic E-state index is 0.172. The van der Waals surface area contributed by atoms with E-state index >= 15 is 0 Å². The van der Waals surface area contributed by atoms with Crippen LogP contribution in [0, 0.1) is 11.8 Å². The summed E-state index contributed by atoms with van der Waals surface area (Å²) in [6.07, 6.45) is 4.23. The molecule has 0 aromatic heterocycles. The second-order valence-electron chi connectivity index (χ2n) is 11.5. The van der Waals surface area contributed by atoms with Gasteiger partial charge >= 0.3 is 5.97 Å². The summed E-state index contributed by atoms with van der Waals surface area (Å²) in [7, 11) is 2.20. The van der Waals surface area contributed by atoms with Crippen molar-refractivity contribution in [1.29, 1.82) is 0 Å². The highest BCUT2D eigenvalue weighted by Crippen LogP contribution is 2.62. The number of likely N-dealkylation sites (tertiary alicyclic amines) is 1. The van der Waals surface area contributed by atoms with Crippen LogP contribution in [0.25, 0.3) is 0 Å². The first kappa shape index (κ1) is 24.8. The smallest absolute Gasteiger partial charge is 0.310 e. The SMILES string of the molecule is CC(C)Cc1ccc(C(C)C(=O)O)cc1.CN1CC[C@]23c4c5ccc(O)c4O[C@H]2C(=O)CC[C@H]3[C@H]1C5. The zero-order valence-electron chi connectivity index (χ0n) is 21.7. The molecule has 2 N–H and O–H groups in total. The molecule has 192 valence electrons. The van der Waals surface area contributed by atoms with E-state index in [0.717, 1.165) is 43.4 Å². The molecule has 2 aromatic carbocycles. The molecule has 2 heterocycles. The Labute approximate surface area is 213 Å². The quantitative estimate of drug-likeness (QED) is 0.645. The molecule has 6 rings (SSSR count). The van der Waals surface area contributed by atoms with Crippen LogP contribution in [0.15, 0.2) is 36.4 Å². The van der Waals surface area contributed by atoms with Gasteiger partial charge in [-0.1, -0.05) is 44.2 Å². The summed E-state index contributed by atoms with van der Waals surface area (Å²) in [5.74, 6) is 0.937. The first-order valence-electron chi connectivity index (χ1n) is 13.2. The Morgan fingerprint density at radius 2 is 1.89 bits per heavy atom. The Morgan fingerprint density at radius 1 is 1.17 bits per heavy atom. The van der Waals surface area contributed by atoms with E-state index in [9.17, 15) is 14.7 Å². The van der Waals surface area contributed by atoms with Gasteiger partial charge in [0, 0.05) is 23.4 Å². The number of hydrogen-bond acceptors (Lipinski definition) is 5. The predicted molar refractivity (Wildman–Crippen MR) is 138 cm³/mol. The lowest BCUT2D eigenvalue weighted by atomic mass is 9.52. The Bertz CT molecular complexity index is 1170. The molecule has 2 bridgehead atoms. The molecule has 1 unspecified atom stereocenters. The number of ether oxygens (including phenoxy) is 1. The zero-order valence-corrected chi connectivity index (χ0v) is 21.7. The Morgan fingerprint density at radius 3 is 2.56 bits per heavy atom. The van der Waals surface area contributed by atoms with Gasteiger partial charge in [0.25, 0.3) is 0 Å². The highest BCUT2D eigenvalue weighted by Gasteiger charge is 2.65. The lowest BCUT2D eigenvalue weighted by Gasteiger charge is -2.57. The third-order valence-corrected chi connectivity index (χ3v) is 8.88. The standard InChI is InChI=1S/C17H19NO3.C13H18O2/c1-18-7-6-17-10-3-5-13(20)16(17)21-15-12(19)4-2-9(14(15)17)8-11(10)18;1-9(2)8-11-4-6-12(7-5-11)10(3)13(14)15/h2,4,10-11,16,19H,3,5-8H2,1H3;4-7,9-10H,8H2,1-3H3,(H,14,15)/t10-,11+,16-,17-;/m0./s1. The van der Waals surface area contributed by atoms with E-state index in [1.807, 2.05) is 30.3 Å². The first-order chi connectivity index (χ1) is 17.1. The van der Waals surface area contributed by atoms with Gasteiger partial charge < -0.3 is 19.8 Å². The third kappa shape index (κ3) is 3.90. The van der Waals surface area contributed by atoms with Gasteiger partial charge in [-0.15, -0.1) is 0 Å². The fraction of sp³-hybridized carbons (Fsp3) is 0.533. The summed E-state index contributed by atoms with van der Waals surface area (Å²) >= 11 is 0. The Balaban J connectivity index is 0.000000159. The molecule has 6 heteroatoms. The van der Waals surface area contributed by atoms with E-state index in [1.54, 1.807) is 13.0 Å². The fourth-order valence-electron chi connectivity index (χ4n) is 7.08. The van der Waals surface area contributed by atoms with Crippen molar-refractivity contribution in [2.24, 2.45) is 11.8 Å². The van der Waals surface area contributed by atoms with Crippen molar-refractivity contribution < 1.29 is 24.5 Å². The number of carboxylic acids is 1. The Kier molecular flexibility index (Phi) is 6.36. The molecule has 6 nitrogen and oxygen atoms in total. The van der Waals surface area contributed by atoms with Gasteiger partial charge in [-0.3, -0.25) is 9.59 Å². The number of phenolic OH excluding ortho intramolecular Hbond substituents is 1. The van der Waals surface area contributed by atoms with Crippen LogP contribution >= 0.6 is 0 Å². The third-order valence-electron chi connectivity index (χ3n) is 8.88. The topological polar surface area (TPSA) is 87.1 Å². The minimum atomic E-state index is -0.772. The van der Waals surface area contributed by atoms with E-state index in [2.05, 4.69) is 25.8 Å². The number of ketones is 1. The number of hydrogen-bond donors (Lipinski definition) is 2. The van der Waals surface area contributed by atoms with Crippen LogP contribution < -0.4 is 4.74 Å². The van der Waals surface area contributed by atoms with E-state index in [4.69, 9.17) is 9.84 Å². The molecule has 1 saturated carbocycles. The number of Topliss-reactive ketones (excluding diaryl/α,β-unsaturated/α-hetero) is 1. The number of piperidine rings is 1. The van der Waals surface area contributed by atoms with Crippen LogP contribution in [0.1, 0.15) is 68.2 Å². The molecule has 2 aliphatic carbocycles. The second kappa shape index (κ2) is 9.22. The molecule has 2 fully saturated rings. The largest absolute Gasteiger partial charge is 0.504 e. The molecule has 0 radical (unpaired) electrons. The van der Waals surface area contributed by atoms with Gasteiger partial charge in [-0.25, -0.2) is 0 Å². The van der Waals surface area contributed by atoms with Crippen LogP contribution in [0.5, 0.6) is 11.5 Å². The molecule has 36 heavy (non-hydrogen) atoms. The van der Waals surface area contributed by atoms with Crippen molar-refractivity contribution in [2.75, 3.05) is 13.6 Å².